The van der Waals surface area contributed by atoms with Crippen molar-refractivity contribution >= 4 is 5.91 Å². The van der Waals surface area contributed by atoms with Crippen LogP contribution < -0.4 is 5.32 Å². The number of alkyl halides is 1. The molecule has 1 unspecified atom stereocenters. The molecule has 1 fully saturated rings. The van der Waals surface area contributed by atoms with Crippen molar-refractivity contribution in [3.63, 3.8) is 0 Å². The summed E-state index contributed by atoms with van der Waals surface area (Å²) in [5, 5.41) is 2.84. The molecule has 1 aliphatic heterocycles. The lowest BCUT2D eigenvalue weighted by atomic mass is 10.2. The van der Waals surface area contributed by atoms with Crippen molar-refractivity contribution in [2.24, 2.45) is 0 Å². The van der Waals surface area contributed by atoms with Crippen molar-refractivity contribution in [3.8, 4) is 0 Å². The van der Waals surface area contributed by atoms with E-state index in [1.54, 1.807) is 11.9 Å². The number of carbonyl (C=O) groups excluding carboxylic acids is 1. The summed E-state index contributed by atoms with van der Waals surface area (Å²) in [7, 11) is 1.78. The third kappa shape index (κ3) is 3.03. The Morgan fingerprint density at radius 1 is 1.47 bits per heavy atom. The van der Waals surface area contributed by atoms with Crippen molar-refractivity contribution in [3.05, 3.63) is 35.9 Å². The first-order valence-electron chi connectivity index (χ1n) is 5.83. The fourth-order valence-corrected chi connectivity index (χ4v) is 2.15. The number of carbonyl (C=O) groups is 1. The number of halogens is 1. The molecule has 3 nitrogen and oxygen atoms in total. The van der Waals surface area contributed by atoms with E-state index in [9.17, 15) is 9.18 Å². The van der Waals surface area contributed by atoms with Gasteiger partial charge in [-0.1, -0.05) is 30.3 Å². The molecule has 92 valence electrons. The van der Waals surface area contributed by atoms with Gasteiger partial charge in [0.25, 0.3) is 0 Å². The van der Waals surface area contributed by atoms with Gasteiger partial charge in [0.05, 0.1) is 6.04 Å². The van der Waals surface area contributed by atoms with Gasteiger partial charge in [-0.3, -0.25) is 9.69 Å². The zero-order valence-electron chi connectivity index (χ0n) is 9.90. The maximum absolute atomic E-state index is 13.1. The number of nitrogens with one attached hydrogen (secondary N) is 1. The fourth-order valence-electron chi connectivity index (χ4n) is 2.15. The summed E-state index contributed by atoms with van der Waals surface area (Å²) in [4.78, 5) is 13.6. The molecule has 0 aliphatic carbocycles. The Bertz CT molecular complexity index is 382. The van der Waals surface area contributed by atoms with E-state index in [0.717, 1.165) is 5.56 Å². The standard InChI is InChI=1S/C13H17FN2O/c1-16-9-11(14)7-12(16)13(17)15-8-10-5-3-2-4-6-10/h2-6,11-12H,7-9H2,1H3,(H,15,17)/t11?,12-/m0/s1. The number of hydrogen-bond acceptors (Lipinski definition) is 2. The van der Waals surface area contributed by atoms with Gasteiger partial charge in [0.2, 0.25) is 5.91 Å². The lowest BCUT2D eigenvalue weighted by Crippen LogP contribution is -2.41. The Morgan fingerprint density at radius 2 is 2.18 bits per heavy atom. The number of nitrogens with zero attached hydrogens (tertiary/aromatic N) is 1. The van der Waals surface area contributed by atoms with Gasteiger partial charge in [0.15, 0.2) is 0 Å². The molecule has 0 spiro atoms. The average Bonchev–Trinajstić information content (AvgIpc) is 2.67. The minimum absolute atomic E-state index is 0.0866. The van der Waals surface area contributed by atoms with E-state index in [-0.39, 0.29) is 11.9 Å². The summed E-state index contributed by atoms with van der Waals surface area (Å²) in [5.74, 6) is -0.0866. The molecule has 1 aromatic rings. The highest BCUT2D eigenvalue weighted by atomic mass is 19.1. The first-order chi connectivity index (χ1) is 8.16. The van der Waals surface area contributed by atoms with Crippen LogP contribution in [0.15, 0.2) is 30.3 Å². The predicted octanol–water partition coefficient (Wildman–Crippen LogP) is 1.34. The molecule has 1 saturated heterocycles. The second-order valence-electron chi connectivity index (χ2n) is 4.49. The Kier molecular flexibility index (Phi) is 3.74. The number of benzene rings is 1. The van der Waals surface area contributed by atoms with E-state index in [1.807, 2.05) is 30.3 Å². The summed E-state index contributed by atoms with van der Waals surface area (Å²) in [5.41, 5.74) is 1.05. The Morgan fingerprint density at radius 3 is 2.76 bits per heavy atom. The number of likely N-dealkylation sites (tertiary alicyclic amines) is 1. The predicted molar refractivity (Wildman–Crippen MR) is 64.2 cm³/mol. The molecule has 0 bridgehead atoms. The van der Waals surface area contributed by atoms with E-state index >= 15 is 0 Å². The van der Waals surface area contributed by atoms with E-state index in [0.29, 0.717) is 19.5 Å². The van der Waals surface area contributed by atoms with E-state index < -0.39 is 6.17 Å². The molecule has 0 saturated carbocycles. The van der Waals surface area contributed by atoms with E-state index in [4.69, 9.17) is 0 Å². The van der Waals surface area contributed by atoms with Crippen LogP contribution in [0, 0.1) is 0 Å². The van der Waals surface area contributed by atoms with Crippen molar-refractivity contribution < 1.29 is 9.18 Å². The highest BCUT2D eigenvalue weighted by molar-refractivity contribution is 5.82. The van der Waals surface area contributed by atoms with Crippen LogP contribution in [0.3, 0.4) is 0 Å². The third-order valence-electron chi connectivity index (χ3n) is 3.11. The minimum Gasteiger partial charge on any atom is -0.351 e. The summed E-state index contributed by atoms with van der Waals surface area (Å²) in [6, 6.07) is 9.38. The average molecular weight is 236 g/mol. The molecular weight excluding hydrogens is 219 g/mol. The van der Waals surface area contributed by atoms with Gasteiger partial charge in [0, 0.05) is 19.5 Å². The monoisotopic (exact) mass is 236 g/mol. The topological polar surface area (TPSA) is 32.3 Å². The lowest BCUT2D eigenvalue weighted by molar-refractivity contribution is -0.125. The van der Waals surface area contributed by atoms with E-state index in [2.05, 4.69) is 5.32 Å². The van der Waals surface area contributed by atoms with Crippen LogP contribution >= 0.6 is 0 Å². The van der Waals surface area contributed by atoms with Crippen molar-refractivity contribution in [1.29, 1.82) is 0 Å². The molecule has 2 atom stereocenters. The van der Waals surface area contributed by atoms with Gasteiger partial charge in [-0.25, -0.2) is 4.39 Å². The molecule has 1 heterocycles. The molecule has 1 aliphatic rings. The summed E-state index contributed by atoms with van der Waals surface area (Å²) in [6.07, 6.45) is -0.579. The highest BCUT2D eigenvalue weighted by Crippen LogP contribution is 2.18. The van der Waals surface area contributed by atoms with E-state index in [1.165, 1.54) is 0 Å². The van der Waals surface area contributed by atoms with Crippen LogP contribution in [0.2, 0.25) is 0 Å². The quantitative estimate of drug-likeness (QED) is 0.859. The summed E-state index contributed by atoms with van der Waals surface area (Å²) < 4.78 is 13.1. The number of amides is 1. The first kappa shape index (κ1) is 12.0. The smallest absolute Gasteiger partial charge is 0.237 e. The zero-order valence-corrected chi connectivity index (χ0v) is 9.90. The molecule has 1 N–H and O–H groups in total. The molecule has 2 rings (SSSR count). The van der Waals surface area contributed by atoms with Gasteiger partial charge in [0.1, 0.15) is 6.17 Å². The fraction of sp³-hybridized carbons (Fsp3) is 0.462. The first-order valence-corrected chi connectivity index (χ1v) is 5.83. The maximum Gasteiger partial charge on any atom is 0.237 e. The molecule has 17 heavy (non-hydrogen) atoms. The highest BCUT2D eigenvalue weighted by Gasteiger charge is 2.34. The normalized spacial score (nSPS) is 24.8. The van der Waals surface area contributed by atoms with Gasteiger partial charge < -0.3 is 5.32 Å². The van der Waals surface area contributed by atoms with Gasteiger partial charge in [-0.2, -0.15) is 0 Å². The van der Waals surface area contributed by atoms with Crippen LogP contribution in [0.1, 0.15) is 12.0 Å². The zero-order chi connectivity index (χ0) is 12.3. The Balaban J connectivity index is 1.86. The van der Waals surface area contributed by atoms with Crippen LogP contribution in [0.25, 0.3) is 0 Å². The maximum atomic E-state index is 13.1. The summed E-state index contributed by atoms with van der Waals surface area (Å²) in [6.45, 7) is 0.852. The van der Waals surface area contributed by atoms with Crippen molar-refractivity contribution in [1.82, 2.24) is 10.2 Å². The number of hydrogen-bond donors (Lipinski definition) is 1. The molecular formula is C13H17FN2O. The van der Waals surface area contributed by atoms with Gasteiger partial charge in [-0.05, 0) is 12.6 Å². The van der Waals surface area contributed by atoms with Crippen LogP contribution in [0.4, 0.5) is 4.39 Å². The molecule has 1 amide bonds. The molecule has 0 radical (unpaired) electrons. The van der Waals surface area contributed by atoms with Crippen molar-refractivity contribution in [2.45, 2.75) is 25.2 Å². The molecule has 4 heteroatoms. The summed E-state index contributed by atoms with van der Waals surface area (Å²) >= 11 is 0. The van der Waals surface area contributed by atoms with Gasteiger partial charge in [-0.15, -0.1) is 0 Å². The van der Waals surface area contributed by atoms with Gasteiger partial charge >= 0.3 is 0 Å². The largest absolute Gasteiger partial charge is 0.351 e. The SMILES string of the molecule is CN1CC(F)C[C@H]1C(=O)NCc1ccccc1. The second-order valence-corrected chi connectivity index (χ2v) is 4.49. The third-order valence-corrected chi connectivity index (χ3v) is 3.11. The number of likely N-dealkylation sites (N-methyl/N-ethyl adjacent to an activating group) is 1. The Labute approximate surface area is 101 Å². The Hall–Kier alpha value is -1.42. The molecule has 1 aromatic carbocycles. The van der Waals surface area contributed by atoms with Crippen LogP contribution in [0.5, 0.6) is 0 Å². The minimum atomic E-state index is -0.882. The van der Waals surface area contributed by atoms with Crippen molar-refractivity contribution in [2.75, 3.05) is 13.6 Å². The second kappa shape index (κ2) is 5.27. The number of rotatable bonds is 3. The lowest BCUT2D eigenvalue weighted by Gasteiger charge is -2.18. The van der Waals surface area contributed by atoms with Crippen LogP contribution in [-0.4, -0.2) is 36.6 Å². The molecule has 0 aromatic heterocycles. The van der Waals surface area contributed by atoms with Crippen LogP contribution in [-0.2, 0) is 11.3 Å².